The maximum absolute atomic E-state index is 11.9. The largest absolute Gasteiger partial charge is 0.298 e. The number of rotatable bonds is 12. The van der Waals surface area contributed by atoms with Crippen molar-refractivity contribution in [2.45, 2.75) is 96.5 Å². The van der Waals surface area contributed by atoms with Crippen LogP contribution in [0.15, 0.2) is 22.9 Å². The van der Waals surface area contributed by atoms with Gasteiger partial charge in [-0.25, -0.2) is 0 Å². The first-order valence-corrected chi connectivity index (χ1v) is 13.0. The third-order valence-electron chi connectivity index (χ3n) is 4.66. The van der Waals surface area contributed by atoms with Gasteiger partial charge in [-0.05, 0) is 30.0 Å². The van der Waals surface area contributed by atoms with Crippen molar-refractivity contribution in [1.29, 1.82) is 0 Å². The van der Waals surface area contributed by atoms with E-state index >= 15 is 0 Å². The zero-order chi connectivity index (χ0) is 19.8. The lowest BCUT2D eigenvalue weighted by atomic mass is 9.98. The Morgan fingerprint density at radius 2 is 1.56 bits per heavy atom. The van der Waals surface area contributed by atoms with Crippen LogP contribution in [-0.2, 0) is 19.1 Å². The number of thiophene rings is 1. The Morgan fingerprint density at radius 3 is 2.11 bits per heavy atom. The topological polar surface area (TPSA) is 60.4 Å². The molecule has 0 unspecified atom stereocenters. The first-order valence-electron chi connectivity index (χ1n) is 10.4. The molecule has 4 nitrogen and oxygen atoms in total. The summed E-state index contributed by atoms with van der Waals surface area (Å²) in [6.07, 6.45) is 12.9. The quantitative estimate of drug-likeness (QED) is 0.304. The molecule has 1 saturated carbocycles. The minimum absolute atomic E-state index is 0.204. The highest BCUT2D eigenvalue weighted by Gasteiger charge is 2.23. The molecule has 1 fully saturated rings. The molecule has 0 aromatic carbocycles. The van der Waals surface area contributed by atoms with Gasteiger partial charge in [0.2, 0.25) is 0 Å². The fraction of sp³-hybridized carbons (Fsp3) is 0.762. The number of Topliss-reactive ketones (excluding diaryl/α,β-unsaturated/α-hetero) is 1. The van der Waals surface area contributed by atoms with Crippen molar-refractivity contribution < 1.29 is 17.4 Å². The highest BCUT2D eigenvalue weighted by Crippen LogP contribution is 2.22. The average Bonchev–Trinajstić information content (AvgIpc) is 3.21. The monoisotopic (exact) mass is 416 g/mol. The lowest BCUT2D eigenvalue weighted by Crippen LogP contribution is -2.25. The molecule has 156 valence electrons. The van der Waals surface area contributed by atoms with Crippen LogP contribution in [0.25, 0.3) is 0 Å². The van der Waals surface area contributed by atoms with Crippen molar-refractivity contribution in [3.05, 3.63) is 22.9 Å². The number of ketones is 1. The number of carbonyl (C=O) groups is 1. The molecule has 0 aliphatic heterocycles. The zero-order valence-electron chi connectivity index (χ0n) is 16.7. The summed E-state index contributed by atoms with van der Waals surface area (Å²) in [6.45, 7) is 2.19. The normalized spacial score (nSPS) is 15.1. The first-order chi connectivity index (χ1) is 13.0. The Bertz CT molecular complexity index is 544. The molecule has 0 N–H and O–H groups in total. The summed E-state index contributed by atoms with van der Waals surface area (Å²) in [4.78, 5) is 11.8. The fourth-order valence-electron chi connectivity index (χ4n) is 3.18. The lowest BCUT2D eigenvalue weighted by Gasteiger charge is -2.21. The summed E-state index contributed by atoms with van der Waals surface area (Å²) in [5, 5.41) is 4.08. The van der Waals surface area contributed by atoms with E-state index in [1.807, 2.05) is 22.9 Å². The minimum Gasteiger partial charge on any atom is -0.298 e. The minimum atomic E-state index is -3.68. The van der Waals surface area contributed by atoms with E-state index in [1.54, 1.807) is 11.3 Å². The summed E-state index contributed by atoms with van der Waals surface area (Å²) in [6, 6.07) is 4.04. The molecule has 1 heterocycles. The van der Waals surface area contributed by atoms with Crippen LogP contribution >= 0.6 is 11.3 Å². The Hall–Kier alpha value is -0.720. The lowest BCUT2D eigenvalue weighted by molar-refractivity contribution is -0.116. The fourth-order valence-corrected chi connectivity index (χ4v) is 4.85. The number of hydrogen-bond donors (Lipinski definition) is 0. The van der Waals surface area contributed by atoms with Crippen LogP contribution in [0.4, 0.5) is 0 Å². The van der Waals surface area contributed by atoms with Crippen molar-refractivity contribution in [1.82, 2.24) is 0 Å². The second kappa shape index (κ2) is 15.2. The maximum Gasteiger partial charge on any atom is 0.274 e. The molecule has 1 aliphatic rings. The summed E-state index contributed by atoms with van der Waals surface area (Å²) in [5.74, 6) is -0.649. The first kappa shape index (κ1) is 24.3. The smallest absolute Gasteiger partial charge is 0.274 e. The van der Waals surface area contributed by atoms with Crippen LogP contribution in [0.5, 0.6) is 0 Å². The van der Waals surface area contributed by atoms with E-state index in [9.17, 15) is 13.2 Å². The molecule has 0 radical (unpaired) electrons. The average molecular weight is 417 g/mol. The third-order valence-corrected chi connectivity index (χ3v) is 6.53. The van der Waals surface area contributed by atoms with Crippen LogP contribution < -0.4 is 0 Å². The van der Waals surface area contributed by atoms with Crippen LogP contribution in [-0.4, -0.2) is 26.1 Å². The Labute approximate surface area is 169 Å². The molecule has 2 rings (SSSR count). The summed E-state index contributed by atoms with van der Waals surface area (Å²) in [7, 11) is -3.68. The summed E-state index contributed by atoms with van der Waals surface area (Å²) < 4.78 is 28.9. The molecule has 0 bridgehead atoms. The number of unbranched alkanes of at least 4 members (excludes halogenated alkanes) is 6. The molecule has 0 atom stereocenters. The van der Waals surface area contributed by atoms with Crippen molar-refractivity contribution in [3.63, 3.8) is 0 Å². The highest BCUT2D eigenvalue weighted by molar-refractivity contribution is 7.87. The van der Waals surface area contributed by atoms with Crippen LogP contribution in [0.2, 0.25) is 0 Å². The molecule has 0 amide bonds. The second-order valence-corrected chi connectivity index (χ2v) is 9.67. The van der Waals surface area contributed by atoms with E-state index in [4.69, 9.17) is 4.18 Å². The standard InChI is InChI=1S/C17H32O4S.C4H4S/c1-2-3-4-5-6-7-9-12-16(18)15-22(19,20)21-17-13-10-8-11-14-17;1-2-4-5-3-1/h17H,2-15H2,1H3;1-4H. The Balaban J connectivity index is 0.000000625. The van der Waals surface area contributed by atoms with Gasteiger partial charge in [-0.1, -0.05) is 76.8 Å². The predicted molar refractivity (Wildman–Crippen MR) is 114 cm³/mol. The number of carbonyl (C=O) groups excluding carboxylic acids is 1. The van der Waals surface area contributed by atoms with E-state index in [0.717, 1.165) is 51.4 Å². The van der Waals surface area contributed by atoms with Gasteiger partial charge in [0, 0.05) is 6.42 Å². The SMILES string of the molecule is CCCCCCCCCC(=O)CS(=O)(=O)OC1CCCCC1.c1ccsc1. The third kappa shape index (κ3) is 14.0. The number of hydrogen-bond acceptors (Lipinski definition) is 5. The van der Waals surface area contributed by atoms with Gasteiger partial charge in [-0.15, -0.1) is 0 Å². The van der Waals surface area contributed by atoms with E-state index < -0.39 is 15.9 Å². The van der Waals surface area contributed by atoms with E-state index in [2.05, 4.69) is 6.92 Å². The van der Waals surface area contributed by atoms with Gasteiger partial charge in [0.1, 0.15) is 11.5 Å². The molecule has 0 saturated heterocycles. The Kier molecular flexibility index (Phi) is 13.7. The molecule has 27 heavy (non-hydrogen) atoms. The molecule has 1 aromatic heterocycles. The van der Waals surface area contributed by atoms with Gasteiger partial charge in [0.15, 0.2) is 0 Å². The highest BCUT2D eigenvalue weighted by atomic mass is 32.2. The predicted octanol–water partition coefficient (Wildman–Crippen LogP) is 6.12. The molecule has 6 heteroatoms. The van der Waals surface area contributed by atoms with Gasteiger partial charge in [-0.3, -0.25) is 8.98 Å². The van der Waals surface area contributed by atoms with Crippen molar-refractivity contribution in [2.24, 2.45) is 0 Å². The van der Waals surface area contributed by atoms with Gasteiger partial charge in [0.05, 0.1) is 6.10 Å². The van der Waals surface area contributed by atoms with E-state index in [1.165, 1.54) is 25.7 Å². The maximum atomic E-state index is 11.9. The summed E-state index contributed by atoms with van der Waals surface area (Å²) in [5.41, 5.74) is 0. The van der Waals surface area contributed by atoms with Crippen molar-refractivity contribution >= 4 is 27.2 Å². The second-order valence-electron chi connectivity index (χ2n) is 7.26. The molecule has 1 aliphatic carbocycles. The van der Waals surface area contributed by atoms with Crippen molar-refractivity contribution in [2.75, 3.05) is 5.75 Å². The molecule has 1 aromatic rings. The van der Waals surface area contributed by atoms with Gasteiger partial charge < -0.3 is 0 Å². The molecule has 0 spiro atoms. The molecular formula is C21H36O4S2. The van der Waals surface area contributed by atoms with Crippen LogP contribution in [0.3, 0.4) is 0 Å². The van der Waals surface area contributed by atoms with Gasteiger partial charge >= 0.3 is 0 Å². The van der Waals surface area contributed by atoms with Gasteiger partial charge in [-0.2, -0.15) is 19.8 Å². The van der Waals surface area contributed by atoms with Crippen LogP contribution in [0.1, 0.15) is 90.4 Å². The molecular weight excluding hydrogens is 380 g/mol. The summed E-state index contributed by atoms with van der Waals surface area (Å²) >= 11 is 1.71. The van der Waals surface area contributed by atoms with Gasteiger partial charge in [0.25, 0.3) is 10.1 Å². The zero-order valence-corrected chi connectivity index (χ0v) is 18.4. The van der Waals surface area contributed by atoms with Crippen molar-refractivity contribution in [3.8, 4) is 0 Å². The Morgan fingerprint density at radius 1 is 0.963 bits per heavy atom. The van der Waals surface area contributed by atoms with E-state index in [0.29, 0.717) is 6.42 Å². The van der Waals surface area contributed by atoms with E-state index in [-0.39, 0.29) is 11.9 Å². The van der Waals surface area contributed by atoms with Crippen LogP contribution in [0, 0.1) is 0 Å².